The summed E-state index contributed by atoms with van der Waals surface area (Å²) in [4.78, 5) is 18.9. The lowest BCUT2D eigenvalue weighted by atomic mass is 10.0. The van der Waals surface area contributed by atoms with Crippen LogP contribution in [-0.4, -0.2) is 80.8 Å². The standard InChI is InChI=1S/C22H30N8O/c1-2-3-9-28-10-6-18(7-11-28)30-22-19(26-27-30)21(29-12-14-31-15-13-29)24-20(25-22)17-5-4-8-23-16-17/h4-5,8,16,18H,2-3,6-7,9-15H2,1H3. The van der Waals surface area contributed by atoms with E-state index < -0.39 is 0 Å². The van der Waals surface area contributed by atoms with Gasteiger partial charge >= 0.3 is 0 Å². The summed E-state index contributed by atoms with van der Waals surface area (Å²) in [5.74, 6) is 1.52. The van der Waals surface area contributed by atoms with Crippen molar-refractivity contribution < 1.29 is 4.74 Å². The number of pyridine rings is 1. The van der Waals surface area contributed by atoms with E-state index in [-0.39, 0.29) is 0 Å². The van der Waals surface area contributed by atoms with E-state index in [1.165, 1.54) is 19.4 Å². The molecule has 0 N–H and O–H groups in total. The Balaban J connectivity index is 1.50. The van der Waals surface area contributed by atoms with Crippen molar-refractivity contribution in [3.63, 3.8) is 0 Å². The minimum absolute atomic E-state index is 0.317. The summed E-state index contributed by atoms with van der Waals surface area (Å²) in [5.41, 5.74) is 2.51. The zero-order valence-corrected chi connectivity index (χ0v) is 18.2. The minimum atomic E-state index is 0.317. The number of piperidine rings is 1. The van der Waals surface area contributed by atoms with Crippen molar-refractivity contribution in [1.82, 2.24) is 34.8 Å². The summed E-state index contributed by atoms with van der Waals surface area (Å²) in [6.07, 6.45) is 8.23. The number of hydrogen-bond donors (Lipinski definition) is 0. The van der Waals surface area contributed by atoms with Gasteiger partial charge in [0.15, 0.2) is 22.8 Å². The molecule has 0 bridgehead atoms. The highest BCUT2D eigenvalue weighted by Gasteiger charge is 2.27. The van der Waals surface area contributed by atoms with Gasteiger partial charge in [-0.05, 0) is 37.9 Å². The molecule has 2 aliphatic rings. The van der Waals surface area contributed by atoms with Crippen LogP contribution in [0.2, 0.25) is 0 Å². The lowest BCUT2D eigenvalue weighted by Crippen LogP contribution is -2.37. The Morgan fingerprint density at radius 1 is 1.10 bits per heavy atom. The second kappa shape index (κ2) is 9.23. The number of morpholine rings is 1. The highest BCUT2D eigenvalue weighted by Crippen LogP contribution is 2.30. The third-order valence-corrected chi connectivity index (χ3v) is 6.27. The van der Waals surface area contributed by atoms with Gasteiger partial charge in [-0.3, -0.25) is 4.98 Å². The molecule has 2 fully saturated rings. The fourth-order valence-electron chi connectivity index (χ4n) is 4.45. The van der Waals surface area contributed by atoms with E-state index in [1.54, 1.807) is 6.20 Å². The van der Waals surface area contributed by atoms with Gasteiger partial charge in [0, 0.05) is 44.1 Å². The lowest BCUT2D eigenvalue weighted by Gasteiger charge is -2.31. The molecule has 9 nitrogen and oxygen atoms in total. The zero-order valence-electron chi connectivity index (χ0n) is 18.2. The Kier molecular flexibility index (Phi) is 6.04. The van der Waals surface area contributed by atoms with E-state index in [0.717, 1.165) is 61.6 Å². The fraction of sp³-hybridized carbons (Fsp3) is 0.591. The first-order valence-corrected chi connectivity index (χ1v) is 11.4. The van der Waals surface area contributed by atoms with Crippen LogP contribution in [0.15, 0.2) is 24.5 Å². The monoisotopic (exact) mass is 422 g/mol. The predicted molar refractivity (Wildman–Crippen MR) is 119 cm³/mol. The molecule has 5 heterocycles. The molecular weight excluding hydrogens is 392 g/mol. The van der Waals surface area contributed by atoms with Crippen molar-refractivity contribution in [3.05, 3.63) is 24.5 Å². The zero-order chi connectivity index (χ0) is 21.0. The van der Waals surface area contributed by atoms with Gasteiger partial charge in [0.2, 0.25) is 0 Å². The van der Waals surface area contributed by atoms with Crippen molar-refractivity contribution >= 4 is 17.0 Å². The molecule has 5 rings (SSSR count). The first-order chi connectivity index (χ1) is 15.3. The van der Waals surface area contributed by atoms with E-state index in [4.69, 9.17) is 14.7 Å². The van der Waals surface area contributed by atoms with Crippen LogP contribution in [0.5, 0.6) is 0 Å². The van der Waals surface area contributed by atoms with Gasteiger partial charge in [0.05, 0.1) is 19.3 Å². The number of nitrogens with zero attached hydrogens (tertiary/aromatic N) is 8. The highest BCUT2D eigenvalue weighted by molar-refractivity contribution is 5.85. The normalized spacial score (nSPS) is 18.7. The van der Waals surface area contributed by atoms with Crippen LogP contribution in [0.1, 0.15) is 38.6 Å². The molecule has 0 radical (unpaired) electrons. The minimum Gasteiger partial charge on any atom is -0.378 e. The number of unbranched alkanes of at least 4 members (excludes halogenated alkanes) is 1. The van der Waals surface area contributed by atoms with Gasteiger partial charge in [0.1, 0.15) is 0 Å². The largest absolute Gasteiger partial charge is 0.378 e. The van der Waals surface area contributed by atoms with E-state index >= 15 is 0 Å². The van der Waals surface area contributed by atoms with E-state index in [1.807, 2.05) is 23.0 Å². The molecule has 164 valence electrons. The summed E-state index contributed by atoms with van der Waals surface area (Å²) in [6, 6.07) is 4.23. The number of ether oxygens (including phenoxy) is 1. The highest BCUT2D eigenvalue weighted by atomic mass is 16.5. The second-order valence-electron chi connectivity index (χ2n) is 8.34. The van der Waals surface area contributed by atoms with Crippen LogP contribution in [0.3, 0.4) is 0 Å². The maximum Gasteiger partial charge on any atom is 0.184 e. The molecule has 9 heteroatoms. The Bertz CT molecular complexity index is 993. The van der Waals surface area contributed by atoms with Crippen LogP contribution < -0.4 is 4.90 Å². The van der Waals surface area contributed by atoms with Crippen molar-refractivity contribution in [2.24, 2.45) is 0 Å². The smallest absolute Gasteiger partial charge is 0.184 e. The number of fused-ring (bicyclic) bond motifs is 1. The number of aromatic nitrogens is 6. The average Bonchev–Trinajstić information content (AvgIpc) is 3.27. The van der Waals surface area contributed by atoms with Crippen molar-refractivity contribution in [3.8, 4) is 11.4 Å². The van der Waals surface area contributed by atoms with E-state index in [0.29, 0.717) is 25.1 Å². The summed E-state index contributed by atoms with van der Waals surface area (Å²) < 4.78 is 7.59. The van der Waals surface area contributed by atoms with Crippen LogP contribution in [-0.2, 0) is 4.74 Å². The Morgan fingerprint density at radius 2 is 1.94 bits per heavy atom. The molecule has 2 saturated heterocycles. The molecule has 0 unspecified atom stereocenters. The van der Waals surface area contributed by atoms with E-state index in [9.17, 15) is 0 Å². The molecule has 2 aliphatic heterocycles. The molecule has 0 spiro atoms. The third-order valence-electron chi connectivity index (χ3n) is 6.27. The van der Waals surface area contributed by atoms with Gasteiger partial charge in [-0.1, -0.05) is 18.6 Å². The van der Waals surface area contributed by atoms with Gasteiger partial charge < -0.3 is 14.5 Å². The second-order valence-corrected chi connectivity index (χ2v) is 8.34. The van der Waals surface area contributed by atoms with Gasteiger partial charge in [-0.15, -0.1) is 5.10 Å². The van der Waals surface area contributed by atoms with Crippen LogP contribution >= 0.6 is 0 Å². The maximum absolute atomic E-state index is 5.55. The van der Waals surface area contributed by atoms with Gasteiger partial charge in [-0.25, -0.2) is 14.6 Å². The quantitative estimate of drug-likeness (QED) is 0.599. The number of anilines is 1. The molecule has 0 aromatic carbocycles. The third kappa shape index (κ3) is 4.24. The summed E-state index contributed by atoms with van der Waals surface area (Å²) in [5, 5.41) is 9.12. The van der Waals surface area contributed by atoms with Crippen molar-refractivity contribution in [1.29, 1.82) is 0 Å². The molecular formula is C22H30N8O. The Labute approximate surface area is 182 Å². The SMILES string of the molecule is CCCCN1CCC(n2nnc3c(N4CCOCC4)nc(-c4cccnc4)nc32)CC1. The molecule has 0 saturated carbocycles. The van der Waals surface area contributed by atoms with Crippen molar-refractivity contribution in [2.45, 2.75) is 38.6 Å². The number of rotatable bonds is 6. The van der Waals surface area contributed by atoms with Crippen molar-refractivity contribution in [2.75, 3.05) is 50.8 Å². The number of likely N-dealkylation sites (tertiary alicyclic amines) is 1. The Morgan fingerprint density at radius 3 is 2.68 bits per heavy atom. The summed E-state index contributed by atoms with van der Waals surface area (Å²) >= 11 is 0. The summed E-state index contributed by atoms with van der Waals surface area (Å²) in [6.45, 7) is 8.61. The van der Waals surface area contributed by atoms with Gasteiger partial charge in [-0.2, -0.15) is 0 Å². The molecule has 31 heavy (non-hydrogen) atoms. The average molecular weight is 423 g/mol. The van der Waals surface area contributed by atoms with Crippen LogP contribution in [0, 0.1) is 0 Å². The molecule has 0 aliphatic carbocycles. The maximum atomic E-state index is 5.55. The first kappa shape index (κ1) is 20.3. The summed E-state index contributed by atoms with van der Waals surface area (Å²) in [7, 11) is 0. The fourth-order valence-corrected chi connectivity index (χ4v) is 4.45. The molecule has 0 amide bonds. The molecule has 3 aromatic heterocycles. The topological polar surface area (TPSA) is 85.1 Å². The van der Waals surface area contributed by atoms with Crippen LogP contribution in [0.4, 0.5) is 5.82 Å². The number of hydrogen-bond acceptors (Lipinski definition) is 8. The van der Waals surface area contributed by atoms with Crippen LogP contribution in [0.25, 0.3) is 22.6 Å². The predicted octanol–water partition coefficient (Wildman–Crippen LogP) is 2.56. The molecule has 3 aromatic rings. The lowest BCUT2D eigenvalue weighted by molar-refractivity contribution is 0.122. The van der Waals surface area contributed by atoms with Gasteiger partial charge in [0.25, 0.3) is 0 Å². The molecule has 0 atom stereocenters. The van der Waals surface area contributed by atoms with E-state index in [2.05, 4.69) is 32.0 Å². The first-order valence-electron chi connectivity index (χ1n) is 11.4. The Hall–Kier alpha value is -2.65.